The maximum atomic E-state index is 8.52. The molecule has 0 unspecified atom stereocenters. The van der Waals surface area contributed by atoms with E-state index in [9.17, 15) is 0 Å². The topological polar surface area (TPSA) is 67.4 Å². The van der Waals surface area contributed by atoms with E-state index in [1.807, 2.05) is 18.2 Å². The van der Waals surface area contributed by atoms with Gasteiger partial charge in [-0.25, -0.2) is 9.67 Å². The van der Waals surface area contributed by atoms with Crippen LogP contribution in [0.3, 0.4) is 0 Å². The molecule has 2 aromatic heterocycles. The molecule has 2 aromatic rings. The molecule has 2 heterocycles. The van der Waals surface area contributed by atoms with E-state index in [0.29, 0.717) is 6.54 Å². The smallest absolute Gasteiger partial charge is 0.252 e. The Hall–Kier alpha value is -2.22. The molecule has 0 aliphatic rings. The fourth-order valence-electron chi connectivity index (χ4n) is 1.10. The first-order chi connectivity index (χ1) is 6.88. The van der Waals surface area contributed by atoms with Gasteiger partial charge in [-0.3, -0.25) is 4.98 Å². The molecule has 0 fully saturated rings. The third-order valence-corrected chi connectivity index (χ3v) is 1.73. The van der Waals surface area contributed by atoms with E-state index in [0.717, 1.165) is 5.56 Å². The molecular formula is C9H7N5. The van der Waals surface area contributed by atoms with Crippen molar-refractivity contribution in [3.8, 4) is 6.07 Å². The second-order valence-electron chi connectivity index (χ2n) is 2.73. The molecule has 0 atom stereocenters. The van der Waals surface area contributed by atoms with Crippen LogP contribution in [0.25, 0.3) is 0 Å². The molecule has 0 saturated carbocycles. The standard InChI is InChI=1S/C9H7N5/c10-5-9-12-7-14(13-9)6-8-1-3-11-4-2-8/h1-4,7H,6H2. The molecule has 2 rings (SSSR count). The fraction of sp³-hybridized carbons (Fsp3) is 0.111. The second-order valence-corrected chi connectivity index (χ2v) is 2.73. The number of hydrogen-bond donors (Lipinski definition) is 0. The van der Waals surface area contributed by atoms with Gasteiger partial charge in [-0.05, 0) is 17.7 Å². The van der Waals surface area contributed by atoms with Crippen molar-refractivity contribution < 1.29 is 0 Å². The summed E-state index contributed by atoms with van der Waals surface area (Å²) in [6, 6.07) is 5.67. The summed E-state index contributed by atoms with van der Waals surface area (Å²) in [5.41, 5.74) is 1.08. The van der Waals surface area contributed by atoms with E-state index in [1.54, 1.807) is 23.4 Å². The highest BCUT2D eigenvalue weighted by Crippen LogP contribution is 1.99. The van der Waals surface area contributed by atoms with E-state index in [2.05, 4.69) is 15.1 Å². The van der Waals surface area contributed by atoms with Crippen molar-refractivity contribution >= 4 is 0 Å². The van der Waals surface area contributed by atoms with Gasteiger partial charge < -0.3 is 0 Å². The Labute approximate surface area is 80.7 Å². The molecule has 0 aliphatic carbocycles. The molecule has 0 aliphatic heterocycles. The third kappa shape index (κ3) is 1.75. The number of nitrogens with zero attached hydrogens (tertiary/aromatic N) is 5. The first-order valence-corrected chi connectivity index (χ1v) is 4.07. The summed E-state index contributed by atoms with van der Waals surface area (Å²) in [5.74, 6) is 0.194. The lowest BCUT2D eigenvalue weighted by atomic mass is 10.3. The molecule has 0 saturated heterocycles. The zero-order valence-electron chi connectivity index (χ0n) is 7.33. The molecule has 5 nitrogen and oxygen atoms in total. The zero-order valence-corrected chi connectivity index (χ0v) is 7.33. The van der Waals surface area contributed by atoms with E-state index >= 15 is 0 Å². The van der Waals surface area contributed by atoms with Gasteiger partial charge in [0.2, 0.25) is 0 Å². The van der Waals surface area contributed by atoms with Crippen LogP contribution in [0.2, 0.25) is 0 Å². The Morgan fingerprint density at radius 2 is 2.14 bits per heavy atom. The van der Waals surface area contributed by atoms with Crippen molar-refractivity contribution in [2.24, 2.45) is 0 Å². The number of pyridine rings is 1. The van der Waals surface area contributed by atoms with Crippen LogP contribution in [0.15, 0.2) is 30.9 Å². The minimum Gasteiger partial charge on any atom is -0.265 e. The Kier molecular flexibility index (Phi) is 2.19. The fourth-order valence-corrected chi connectivity index (χ4v) is 1.10. The first kappa shape index (κ1) is 8.38. The normalized spacial score (nSPS) is 9.64. The molecule has 0 amide bonds. The third-order valence-electron chi connectivity index (χ3n) is 1.73. The predicted molar refractivity (Wildman–Crippen MR) is 48.1 cm³/mol. The minimum absolute atomic E-state index is 0.194. The van der Waals surface area contributed by atoms with Gasteiger partial charge in [-0.1, -0.05) is 0 Å². The minimum atomic E-state index is 0.194. The lowest BCUT2D eigenvalue weighted by molar-refractivity contribution is 0.681. The second kappa shape index (κ2) is 3.66. The molecular weight excluding hydrogens is 178 g/mol. The molecule has 5 heteroatoms. The van der Waals surface area contributed by atoms with Crippen LogP contribution in [0.4, 0.5) is 0 Å². The molecule has 0 N–H and O–H groups in total. The number of hydrogen-bond acceptors (Lipinski definition) is 4. The van der Waals surface area contributed by atoms with Gasteiger partial charge in [0.05, 0.1) is 6.54 Å². The SMILES string of the molecule is N#Cc1ncn(Cc2ccncc2)n1. The molecule has 0 radical (unpaired) electrons. The van der Waals surface area contributed by atoms with Crippen LogP contribution < -0.4 is 0 Å². The number of nitriles is 1. The number of aromatic nitrogens is 4. The Morgan fingerprint density at radius 1 is 1.36 bits per heavy atom. The Morgan fingerprint density at radius 3 is 2.79 bits per heavy atom. The molecule has 0 bridgehead atoms. The first-order valence-electron chi connectivity index (χ1n) is 4.07. The van der Waals surface area contributed by atoms with Crippen molar-refractivity contribution in [1.29, 1.82) is 5.26 Å². The highest BCUT2D eigenvalue weighted by atomic mass is 15.3. The molecule has 0 aromatic carbocycles. The quantitative estimate of drug-likeness (QED) is 0.686. The lowest BCUT2D eigenvalue weighted by Gasteiger charge is -1.98. The zero-order chi connectivity index (χ0) is 9.80. The van der Waals surface area contributed by atoms with Crippen LogP contribution >= 0.6 is 0 Å². The summed E-state index contributed by atoms with van der Waals surface area (Å²) in [7, 11) is 0. The average Bonchev–Trinajstić information content (AvgIpc) is 2.67. The Bertz CT molecular complexity index is 454. The molecule has 14 heavy (non-hydrogen) atoms. The van der Waals surface area contributed by atoms with Gasteiger partial charge >= 0.3 is 0 Å². The van der Waals surface area contributed by atoms with Crippen molar-refractivity contribution in [3.05, 3.63) is 42.2 Å². The van der Waals surface area contributed by atoms with Crippen LogP contribution in [-0.2, 0) is 6.54 Å². The van der Waals surface area contributed by atoms with Crippen LogP contribution in [0.1, 0.15) is 11.4 Å². The highest BCUT2D eigenvalue weighted by molar-refractivity contribution is 5.11. The van der Waals surface area contributed by atoms with Crippen LogP contribution in [0, 0.1) is 11.3 Å². The van der Waals surface area contributed by atoms with Gasteiger partial charge in [0, 0.05) is 12.4 Å². The van der Waals surface area contributed by atoms with Crippen LogP contribution in [-0.4, -0.2) is 19.7 Å². The monoisotopic (exact) mass is 185 g/mol. The van der Waals surface area contributed by atoms with E-state index in [-0.39, 0.29) is 5.82 Å². The summed E-state index contributed by atoms with van der Waals surface area (Å²) < 4.78 is 1.62. The van der Waals surface area contributed by atoms with Gasteiger partial charge in [0.25, 0.3) is 5.82 Å². The lowest BCUT2D eigenvalue weighted by Crippen LogP contribution is -2.00. The van der Waals surface area contributed by atoms with E-state index in [4.69, 9.17) is 5.26 Å². The number of rotatable bonds is 2. The predicted octanol–water partition coefficient (Wildman–Crippen LogP) is 0.593. The van der Waals surface area contributed by atoms with Crippen LogP contribution in [0.5, 0.6) is 0 Å². The summed E-state index contributed by atoms with van der Waals surface area (Å²) in [4.78, 5) is 7.72. The summed E-state index contributed by atoms with van der Waals surface area (Å²) in [5, 5.41) is 12.5. The Balaban J connectivity index is 2.16. The van der Waals surface area contributed by atoms with Crippen molar-refractivity contribution in [1.82, 2.24) is 19.7 Å². The van der Waals surface area contributed by atoms with Gasteiger partial charge in [-0.15, -0.1) is 5.10 Å². The van der Waals surface area contributed by atoms with Gasteiger partial charge in [-0.2, -0.15) is 5.26 Å². The van der Waals surface area contributed by atoms with Gasteiger partial charge in [0.1, 0.15) is 12.4 Å². The maximum Gasteiger partial charge on any atom is 0.252 e. The molecule has 68 valence electrons. The largest absolute Gasteiger partial charge is 0.265 e. The van der Waals surface area contributed by atoms with Crippen molar-refractivity contribution in [2.75, 3.05) is 0 Å². The van der Waals surface area contributed by atoms with E-state index in [1.165, 1.54) is 0 Å². The molecule has 0 spiro atoms. The van der Waals surface area contributed by atoms with E-state index < -0.39 is 0 Å². The highest BCUT2D eigenvalue weighted by Gasteiger charge is 1.99. The summed E-state index contributed by atoms with van der Waals surface area (Å²) in [6.45, 7) is 0.608. The average molecular weight is 185 g/mol. The van der Waals surface area contributed by atoms with Gasteiger partial charge in [0.15, 0.2) is 0 Å². The van der Waals surface area contributed by atoms with Crippen molar-refractivity contribution in [2.45, 2.75) is 6.54 Å². The maximum absolute atomic E-state index is 8.52. The summed E-state index contributed by atoms with van der Waals surface area (Å²) in [6.07, 6.45) is 4.98. The van der Waals surface area contributed by atoms with Crippen molar-refractivity contribution in [3.63, 3.8) is 0 Å². The summed E-state index contributed by atoms with van der Waals surface area (Å²) >= 11 is 0.